The van der Waals surface area contributed by atoms with Gasteiger partial charge in [0.05, 0.1) is 0 Å². The summed E-state index contributed by atoms with van der Waals surface area (Å²) in [6, 6.07) is 0. The molecule has 3 nitrogen and oxygen atoms in total. The summed E-state index contributed by atoms with van der Waals surface area (Å²) in [5.74, 6) is 0.0828. The molecule has 0 spiro atoms. The Bertz CT molecular complexity index is 200. The van der Waals surface area contributed by atoms with Gasteiger partial charge in [0.2, 0.25) is 0 Å². The number of likely N-dealkylation sites (N-methyl/N-ethyl adjacent to an activating group) is 1. The highest BCUT2D eigenvalue weighted by Crippen LogP contribution is 2.29. The summed E-state index contributed by atoms with van der Waals surface area (Å²) in [6.45, 7) is 8.28. The molecule has 0 saturated carbocycles. The Morgan fingerprint density at radius 1 is 1.13 bits per heavy atom. The molecule has 0 aromatic heterocycles. The summed E-state index contributed by atoms with van der Waals surface area (Å²) in [6.07, 6.45) is 1.40. The molecule has 0 rings (SSSR count). The monoisotopic (exact) mass is 215 g/mol. The molecule has 0 unspecified atom stereocenters. The SMILES string of the molecule is CC(C)CC(CC(C)C)(C(=O)O)N(C)C. The van der Waals surface area contributed by atoms with Crippen LogP contribution in [-0.2, 0) is 4.79 Å². The zero-order valence-electron chi connectivity index (χ0n) is 10.9. The molecule has 0 aliphatic carbocycles. The van der Waals surface area contributed by atoms with Crippen LogP contribution in [0, 0.1) is 11.8 Å². The van der Waals surface area contributed by atoms with E-state index < -0.39 is 11.5 Å². The summed E-state index contributed by atoms with van der Waals surface area (Å²) in [5.41, 5.74) is -0.706. The molecule has 0 atom stereocenters. The van der Waals surface area contributed by atoms with E-state index in [0.717, 1.165) is 0 Å². The fraction of sp³-hybridized carbons (Fsp3) is 0.917. The Morgan fingerprint density at radius 2 is 1.47 bits per heavy atom. The zero-order chi connectivity index (χ0) is 12.2. The lowest BCUT2D eigenvalue weighted by Gasteiger charge is -2.38. The first kappa shape index (κ1) is 14.4. The molecular weight excluding hydrogens is 190 g/mol. The van der Waals surface area contributed by atoms with Gasteiger partial charge in [-0.3, -0.25) is 9.69 Å². The van der Waals surface area contributed by atoms with E-state index in [1.807, 2.05) is 19.0 Å². The summed E-state index contributed by atoms with van der Waals surface area (Å²) in [5, 5.41) is 9.45. The molecule has 1 N–H and O–H groups in total. The zero-order valence-corrected chi connectivity index (χ0v) is 10.9. The highest BCUT2D eigenvalue weighted by atomic mass is 16.4. The van der Waals surface area contributed by atoms with Gasteiger partial charge in [-0.05, 0) is 38.8 Å². The third kappa shape index (κ3) is 3.82. The molecule has 0 amide bonds. The standard InChI is InChI=1S/C12H25NO2/c1-9(2)7-12(11(14)15,13(5)6)8-10(3)4/h9-10H,7-8H2,1-6H3,(H,14,15). The minimum absolute atomic E-state index is 0.391. The van der Waals surface area contributed by atoms with Gasteiger partial charge in [-0.25, -0.2) is 0 Å². The highest BCUT2D eigenvalue weighted by molar-refractivity contribution is 5.78. The van der Waals surface area contributed by atoms with Crippen molar-refractivity contribution in [3.63, 3.8) is 0 Å². The third-order valence-corrected chi connectivity index (χ3v) is 2.75. The van der Waals surface area contributed by atoms with Crippen molar-refractivity contribution in [2.75, 3.05) is 14.1 Å². The number of nitrogens with zero attached hydrogens (tertiary/aromatic N) is 1. The quantitative estimate of drug-likeness (QED) is 0.740. The van der Waals surface area contributed by atoms with Crippen molar-refractivity contribution >= 4 is 5.97 Å². The van der Waals surface area contributed by atoms with Gasteiger partial charge < -0.3 is 5.11 Å². The molecule has 15 heavy (non-hydrogen) atoms. The number of carboxylic acid groups (broad SMARTS) is 1. The van der Waals surface area contributed by atoms with E-state index in [9.17, 15) is 9.90 Å². The first-order valence-electron chi connectivity index (χ1n) is 5.63. The van der Waals surface area contributed by atoms with Crippen LogP contribution in [0.4, 0.5) is 0 Å². The number of rotatable bonds is 6. The lowest BCUT2D eigenvalue weighted by Crippen LogP contribution is -2.52. The third-order valence-electron chi connectivity index (χ3n) is 2.75. The molecule has 3 heteroatoms. The molecule has 90 valence electrons. The van der Waals surface area contributed by atoms with Gasteiger partial charge in [0.1, 0.15) is 5.54 Å². The first-order chi connectivity index (χ1) is 6.72. The second-order valence-corrected chi connectivity index (χ2v) is 5.43. The molecule has 0 heterocycles. The molecule has 0 fully saturated rings. The van der Waals surface area contributed by atoms with Crippen LogP contribution < -0.4 is 0 Å². The minimum atomic E-state index is -0.706. The Kier molecular flexibility index (Phi) is 5.29. The highest BCUT2D eigenvalue weighted by Gasteiger charge is 2.41. The molecule has 0 bridgehead atoms. The number of carboxylic acids is 1. The first-order valence-corrected chi connectivity index (χ1v) is 5.63. The molecule has 0 radical (unpaired) electrons. The van der Waals surface area contributed by atoms with E-state index in [0.29, 0.717) is 24.7 Å². The summed E-state index contributed by atoms with van der Waals surface area (Å²) in [7, 11) is 3.72. The van der Waals surface area contributed by atoms with Gasteiger partial charge >= 0.3 is 5.97 Å². The average molecular weight is 215 g/mol. The van der Waals surface area contributed by atoms with Crippen LogP contribution in [0.1, 0.15) is 40.5 Å². The van der Waals surface area contributed by atoms with E-state index in [4.69, 9.17) is 0 Å². The maximum absolute atomic E-state index is 11.5. The fourth-order valence-corrected chi connectivity index (χ4v) is 2.17. The smallest absolute Gasteiger partial charge is 0.324 e. The second kappa shape index (κ2) is 5.50. The maximum Gasteiger partial charge on any atom is 0.324 e. The van der Waals surface area contributed by atoms with Crippen LogP contribution in [0.3, 0.4) is 0 Å². The van der Waals surface area contributed by atoms with Crippen LogP contribution in [0.2, 0.25) is 0 Å². The van der Waals surface area contributed by atoms with Gasteiger partial charge in [0.15, 0.2) is 0 Å². The number of carbonyl (C=O) groups is 1. The van der Waals surface area contributed by atoms with E-state index in [2.05, 4.69) is 27.7 Å². The number of aliphatic carboxylic acids is 1. The van der Waals surface area contributed by atoms with Crippen molar-refractivity contribution in [3.05, 3.63) is 0 Å². The van der Waals surface area contributed by atoms with Gasteiger partial charge in [0, 0.05) is 0 Å². The van der Waals surface area contributed by atoms with Crippen molar-refractivity contribution in [1.82, 2.24) is 4.90 Å². The summed E-state index contributed by atoms with van der Waals surface area (Å²) < 4.78 is 0. The molecule has 0 saturated heterocycles. The van der Waals surface area contributed by atoms with Crippen LogP contribution in [0.5, 0.6) is 0 Å². The van der Waals surface area contributed by atoms with E-state index in [1.54, 1.807) is 0 Å². The van der Waals surface area contributed by atoms with E-state index in [1.165, 1.54) is 0 Å². The van der Waals surface area contributed by atoms with Crippen LogP contribution in [-0.4, -0.2) is 35.6 Å². The Hall–Kier alpha value is -0.570. The van der Waals surface area contributed by atoms with Gasteiger partial charge in [-0.15, -0.1) is 0 Å². The lowest BCUT2D eigenvalue weighted by atomic mass is 9.81. The van der Waals surface area contributed by atoms with Crippen molar-refractivity contribution < 1.29 is 9.90 Å². The number of hydrogen-bond acceptors (Lipinski definition) is 2. The predicted octanol–water partition coefficient (Wildman–Crippen LogP) is 2.46. The van der Waals surface area contributed by atoms with Crippen molar-refractivity contribution in [3.8, 4) is 0 Å². The van der Waals surface area contributed by atoms with Crippen molar-refractivity contribution in [1.29, 1.82) is 0 Å². The Balaban J connectivity index is 4.99. The molecule has 0 aromatic carbocycles. The molecular formula is C12H25NO2. The largest absolute Gasteiger partial charge is 0.480 e. The number of hydrogen-bond donors (Lipinski definition) is 1. The Labute approximate surface area is 93.5 Å². The van der Waals surface area contributed by atoms with Crippen LogP contribution >= 0.6 is 0 Å². The van der Waals surface area contributed by atoms with Gasteiger partial charge in [-0.2, -0.15) is 0 Å². The predicted molar refractivity (Wildman–Crippen MR) is 63.0 cm³/mol. The molecule has 0 aliphatic rings. The van der Waals surface area contributed by atoms with E-state index in [-0.39, 0.29) is 0 Å². The second-order valence-electron chi connectivity index (χ2n) is 5.43. The van der Waals surface area contributed by atoms with Crippen molar-refractivity contribution in [2.24, 2.45) is 11.8 Å². The van der Waals surface area contributed by atoms with Gasteiger partial charge in [-0.1, -0.05) is 27.7 Å². The van der Waals surface area contributed by atoms with E-state index >= 15 is 0 Å². The van der Waals surface area contributed by atoms with Crippen molar-refractivity contribution in [2.45, 2.75) is 46.1 Å². The topological polar surface area (TPSA) is 40.5 Å². The van der Waals surface area contributed by atoms with Crippen LogP contribution in [0.15, 0.2) is 0 Å². The average Bonchev–Trinajstić information content (AvgIpc) is 1.99. The normalized spacial score (nSPS) is 12.9. The lowest BCUT2D eigenvalue weighted by molar-refractivity contribution is -0.152. The fourth-order valence-electron chi connectivity index (χ4n) is 2.17. The summed E-state index contributed by atoms with van der Waals surface area (Å²) >= 11 is 0. The summed E-state index contributed by atoms with van der Waals surface area (Å²) in [4.78, 5) is 13.3. The molecule has 0 aliphatic heterocycles. The van der Waals surface area contributed by atoms with Gasteiger partial charge in [0.25, 0.3) is 0 Å². The molecule has 0 aromatic rings. The Morgan fingerprint density at radius 3 is 1.60 bits per heavy atom. The minimum Gasteiger partial charge on any atom is -0.480 e. The maximum atomic E-state index is 11.5. The van der Waals surface area contributed by atoms with Crippen LogP contribution in [0.25, 0.3) is 0 Å².